The van der Waals surface area contributed by atoms with Crippen LogP contribution in [0.15, 0.2) is 36.9 Å². The van der Waals surface area contributed by atoms with Crippen molar-refractivity contribution in [2.24, 2.45) is 0 Å². The number of hydrogen-bond acceptors (Lipinski definition) is 5. The van der Waals surface area contributed by atoms with Crippen LogP contribution in [-0.4, -0.2) is 62.8 Å². The zero-order valence-electron chi connectivity index (χ0n) is 18.3. The topological polar surface area (TPSA) is 58.3 Å². The maximum absolute atomic E-state index is 12.5. The summed E-state index contributed by atoms with van der Waals surface area (Å²) in [6.07, 6.45) is 5.19. The Morgan fingerprint density at radius 1 is 1.23 bits per heavy atom. The number of allylic oxidation sites excluding steroid dienone is 1. The number of anilines is 1. The number of nitrogens with zero attached hydrogens (tertiary/aromatic N) is 5. The molecule has 1 saturated carbocycles. The van der Waals surface area contributed by atoms with E-state index in [2.05, 4.69) is 39.3 Å². The van der Waals surface area contributed by atoms with Crippen LogP contribution in [-0.2, 0) is 24.4 Å². The smallest absolute Gasteiger partial charge is 0.238 e. The zero-order valence-corrected chi connectivity index (χ0v) is 19.1. The SMILES string of the molecule is C=CCn1c(C2CC2)nn(CN2CCN(CC(=O)Nc3ccccc3CC)CC2)c1=S. The standard InChI is InChI=1S/C23H32N6OS/c1-3-11-28-22(19-9-10-19)25-29(23(28)31)17-27-14-12-26(13-15-27)16-21(30)24-20-8-6-5-7-18(20)4-2/h3,5-8,19H,1,4,9-17H2,2H3,(H,24,30). The van der Waals surface area contributed by atoms with Gasteiger partial charge in [0.2, 0.25) is 5.91 Å². The number of rotatable bonds is 9. The van der Waals surface area contributed by atoms with Gasteiger partial charge in [0.15, 0.2) is 4.77 Å². The van der Waals surface area contributed by atoms with Crippen LogP contribution < -0.4 is 5.32 Å². The first-order valence-electron chi connectivity index (χ1n) is 11.2. The van der Waals surface area contributed by atoms with Gasteiger partial charge >= 0.3 is 0 Å². The molecule has 0 bridgehead atoms. The minimum absolute atomic E-state index is 0.0498. The molecule has 2 heterocycles. The number of aromatic nitrogens is 3. The second kappa shape index (κ2) is 9.89. The summed E-state index contributed by atoms with van der Waals surface area (Å²) in [6, 6.07) is 8.00. The van der Waals surface area contributed by atoms with Crippen molar-refractivity contribution in [1.29, 1.82) is 0 Å². The molecule has 4 rings (SSSR count). The Labute approximate surface area is 189 Å². The van der Waals surface area contributed by atoms with Gasteiger partial charge in [0.05, 0.1) is 13.2 Å². The van der Waals surface area contributed by atoms with Gasteiger partial charge in [-0.15, -0.1) is 6.58 Å². The van der Waals surface area contributed by atoms with Crippen molar-refractivity contribution in [1.82, 2.24) is 24.1 Å². The molecule has 0 unspecified atom stereocenters. The van der Waals surface area contributed by atoms with Crippen LogP contribution in [0.25, 0.3) is 0 Å². The zero-order chi connectivity index (χ0) is 21.8. The highest BCUT2D eigenvalue weighted by Crippen LogP contribution is 2.39. The van der Waals surface area contributed by atoms with Crippen LogP contribution in [0.4, 0.5) is 5.69 Å². The number of para-hydroxylation sites is 1. The molecule has 1 aromatic heterocycles. The van der Waals surface area contributed by atoms with E-state index in [0.29, 0.717) is 25.7 Å². The summed E-state index contributed by atoms with van der Waals surface area (Å²) in [5.74, 6) is 1.71. The number of aryl methyl sites for hydroxylation is 1. The number of nitrogens with one attached hydrogen (secondary N) is 1. The predicted octanol–water partition coefficient (Wildman–Crippen LogP) is 3.25. The normalized spacial score (nSPS) is 17.6. The Morgan fingerprint density at radius 3 is 2.61 bits per heavy atom. The average Bonchev–Trinajstić information content (AvgIpc) is 3.57. The highest BCUT2D eigenvalue weighted by atomic mass is 32.1. The van der Waals surface area contributed by atoms with Gasteiger partial charge in [0.25, 0.3) is 0 Å². The van der Waals surface area contributed by atoms with Gasteiger partial charge in [-0.3, -0.25) is 19.2 Å². The molecule has 2 aromatic rings. The molecule has 8 heteroatoms. The Hall–Kier alpha value is -2.29. The van der Waals surface area contributed by atoms with Crippen molar-refractivity contribution >= 4 is 23.8 Å². The van der Waals surface area contributed by atoms with E-state index >= 15 is 0 Å². The molecule has 1 amide bonds. The van der Waals surface area contributed by atoms with E-state index in [4.69, 9.17) is 17.3 Å². The van der Waals surface area contributed by atoms with Crippen LogP contribution in [0.2, 0.25) is 0 Å². The Kier molecular flexibility index (Phi) is 6.99. The molecular formula is C23H32N6OS. The predicted molar refractivity (Wildman–Crippen MR) is 126 cm³/mol. The number of carbonyl (C=O) groups excluding carboxylic acids is 1. The largest absolute Gasteiger partial charge is 0.325 e. The summed E-state index contributed by atoms with van der Waals surface area (Å²) < 4.78 is 4.85. The molecule has 2 fully saturated rings. The molecule has 1 aliphatic heterocycles. The lowest BCUT2D eigenvalue weighted by molar-refractivity contribution is -0.117. The maximum atomic E-state index is 12.5. The molecule has 0 atom stereocenters. The van der Waals surface area contributed by atoms with Crippen LogP contribution in [0.3, 0.4) is 0 Å². The Balaban J connectivity index is 1.29. The third kappa shape index (κ3) is 5.31. The Bertz CT molecular complexity index is 984. The monoisotopic (exact) mass is 440 g/mol. The lowest BCUT2D eigenvalue weighted by atomic mass is 10.1. The molecule has 1 aliphatic carbocycles. The number of carbonyl (C=O) groups is 1. The fourth-order valence-electron chi connectivity index (χ4n) is 4.12. The number of piperazine rings is 1. The van der Waals surface area contributed by atoms with Crippen molar-refractivity contribution in [3.05, 3.63) is 53.1 Å². The van der Waals surface area contributed by atoms with Gasteiger partial charge in [0, 0.05) is 44.3 Å². The molecule has 31 heavy (non-hydrogen) atoms. The molecule has 1 N–H and O–H groups in total. The first kappa shape index (κ1) is 21.9. The summed E-state index contributed by atoms with van der Waals surface area (Å²) in [6.45, 7) is 11.3. The fourth-order valence-corrected chi connectivity index (χ4v) is 4.38. The summed E-state index contributed by atoms with van der Waals surface area (Å²) in [5.41, 5.74) is 2.09. The van der Waals surface area contributed by atoms with Gasteiger partial charge in [-0.05, 0) is 43.1 Å². The Morgan fingerprint density at radius 2 is 1.94 bits per heavy atom. The average molecular weight is 441 g/mol. The molecular weight excluding hydrogens is 408 g/mol. The van der Waals surface area contributed by atoms with E-state index in [0.717, 1.165) is 48.9 Å². The van der Waals surface area contributed by atoms with Crippen molar-refractivity contribution in [3.8, 4) is 0 Å². The maximum Gasteiger partial charge on any atom is 0.238 e. The van der Waals surface area contributed by atoms with E-state index in [1.807, 2.05) is 29.0 Å². The van der Waals surface area contributed by atoms with Gasteiger partial charge in [-0.25, -0.2) is 4.68 Å². The van der Waals surface area contributed by atoms with E-state index in [1.165, 1.54) is 18.4 Å². The summed E-state index contributed by atoms with van der Waals surface area (Å²) in [4.78, 5) is 17.1. The van der Waals surface area contributed by atoms with Crippen LogP contribution in [0.1, 0.15) is 37.1 Å². The lowest BCUT2D eigenvalue weighted by Gasteiger charge is -2.34. The molecule has 1 aromatic carbocycles. The van der Waals surface area contributed by atoms with Crippen molar-refractivity contribution in [2.75, 3.05) is 38.0 Å². The number of hydrogen-bond donors (Lipinski definition) is 1. The third-order valence-electron chi connectivity index (χ3n) is 6.04. The highest BCUT2D eigenvalue weighted by molar-refractivity contribution is 7.71. The van der Waals surface area contributed by atoms with Crippen LogP contribution in [0, 0.1) is 4.77 Å². The second-order valence-electron chi connectivity index (χ2n) is 8.41. The molecule has 1 saturated heterocycles. The first-order chi connectivity index (χ1) is 15.1. The first-order valence-corrected chi connectivity index (χ1v) is 11.6. The number of benzene rings is 1. The molecule has 0 radical (unpaired) electrons. The lowest BCUT2D eigenvalue weighted by Crippen LogP contribution is -2.49. The fraction of sp³-hybridized carbons (Fsp3) is 0.522. The molecule has 0 spiro atoms. The van der Waals surface area contributed by atoms with E-state index in [9.17, 15) is 4.79 Å². The summed E-state index contributed by atoms with van der Waals surface area (Å²) in [5, 5.41) is 7.90. The van der Waals surface area contributed by atoms with Gasteiger partial charge in [-0.2, -0.15) is 5.10 Å². The van der Waals surface area contributed by atoms with E-state index in [-0.39, 0.29) is 5.91 Å². The molecule has 166 valence electrons. The highest BCUT2D eigenvalue weighted by Gasteiger charge is 2.30. The van der Waals surface area contributed by atoms with Gasteiger partial charge < -0.3 is 5.32 Å². The van der Waals surface area contributed by atoms with Gasteiger partial charge in [0.1, 0.15) is 5.82 Å². The number of amides is 1. The van der Waals surface area contributed by atoms with Crippen LogP contribution >= 0.6 is 12.2 Å². The summed E-state index contributed by atoms with van der Waals surface area (Å²) >= 11 is 5.68. The summed E-state index contributed by atoms with van der Waals surface area (Å²) in [7, 11) is 0. The van der Waals surface area contributed by atoms with E-state index in [1.54, 1.807) is 0 Å². The van der Waals surface area contributed by atoms with Crippen molar-refractivity contribution < 1.29 is 4.79 Å². The quantitative estimate of drug-likeness (QED) is 0.479. The van der Waals surface area contributed by atoms with E-state index < -0.39 is 0 Å². The minimum Gasteiger partial charge on any atom is -0.325 e. The third-order valence-corrected chi connectivity index (χ3v) is 6.48. The molecule has 2 aliphatic rings. The van der Waals surface area contributed by atoms with Crippen molar-refractivity contribution in [3.63, 3.8) is 0 Å². The minimum atomic E-state index is 0.0498. The second-order valence-corrected chi connectivity index (χ2v) is 8.77. The van der Waals surface area contributed by atoms with Crippen LogP contribution in [0.5, 0.6) is 0 Å². The van der Waals surface area contributed by atoms with Crippen molar-refractivity contribution in [2.45, 2.75) is 45.3 Å². The van der Waals surface area contributed by atoms with Gasteiger partial charge in [-0.1, -0.05) is 31.2 Å². The molecule has 7 nitrogen and oxygen atoms in total.